The fourth-order valence-corrected chi connectivity index (χ4v) is 3.81. The van der Waals surface area contributed by atoms with Crippen LogP contribution in [-0.4, -0.2) is 83.3 Å². The van der Waals surface area contributed by atoms with Gasteiger partial charge in [-0.3, -0.25) is 9.69 Å². The summed E-state index contributed by atoms with van der Waals surface area (Å²) >= 11 is 0. The van der Waals surface area contributed by atoms with E-state index < -0.39 is 0 Å². The Morgan fingerprint density at radius 2 is 2.09 bits per heavy atom. The van der Waals surface area contributed by atoms with E-state index in [4.69, 9.17) is 4.42 Å². The first-order chi connectivity index (χ1) is 15.6. The van der Waals surface area contributed by atoms with Gasteiger partial charge in [0.1, 0.15) is 24.5 Å². The molecule has 10 nitrogen and oxygen atoms in total. The molecule has 2 aromatic rings. The Morgan fingerprint density at radius 1 is 1.28 bits per heavy atom. The highest BCUT2D eigenvalue weighted by molar-refractivity contribution is 5.84. The second kappa shape index (κ2) is 12.2. The number of nitrogens with zero attached hydrogens (tertiary/aromatic N) is 6. The van der Waals surface area contributed by atoms with E-state index in [1.165, 1.54) is 19.3 Å². The van der Waals surface area contributed by atoms with Gasteiger partial charge in [-0.1, -0.05) is 13.3 Å². The van der Waals surface area contributed by atoms with Gasteiger partial charge in [0.05, 0.1) is 12.3 Å². The molecule has 1 atom stereocenters. The van der Waals surface area contributed by atoms with E-state index in [1.807, 2.05) is 16.7 Å². The molecule has 2 N–H and O–H groups in total. The lowest BCUT2D eigenvalue weighted by molar-refractivity contribution is -0.127. The minimum Gasteiger partial charge on any atom is -0.468 e. The summed E-state index contributed by atoms with van der Waals surface area (Å²) in [5.74, 6) is 2.46. The zero-order valence-corrected chi connectivity index (χ0v) is 19.5. The standard InChI is InChI=1S/C22H36N8O2/c1-4-20-27-26-17-30(20)13-10-23-22(25-16-21(31)28(2)3)24-15-18(19-9-8-14-32-19)29-11-6-5-7-12-29/h8-9,14,17-18H,4-7,10-13,15-16H2,1-3H3,(H2,23,24,25). The third-order valence-corrected chi connectivity index (χ3v) is 5.69. The predicted octanol–water partition coefficient (Wildman–Crippen LogP) is 1.28. The molecule has 3 heterocycles. The largest absolute Gasteiger partial charge is 0.468 e. The Labute approximate surface area is 190 Å². The summed E-state index contributed by atoms with van der Waals surface area (Å²) in [4.78, 5) is 20.6. The Balaban J connectivity index is 1.64. The van der Waals surface area contributed by atoms with Crippen LogP contribution in [-0.2, 0) is 17.8 Å². The molecule has 1 aliphatic rings. The molecule has 0 bridgehead atoms. The summed E-state index contributed by atoms with van der Waals surface area (Å²) in [5.41, 5.74) is 0. The van der Waals surface area contributed by atoms with Crippen molar-refractivity contribution in [2.24, 2.45) is 4.99 Å². The first kappa shape index (κ1) is 23.8. The normalized spacial score (nSPS) is 16.0. The van der Waals surface area contributed by atoms with Crippen molar-refractivity contribution in [3.63, 3.8) is 0 Å². The van der Waals surface area contributed by atoms with Crippen LogP contribution in [0.5, 0.6) is 0 Å². The third-order valence-electron chi connectivity index (χ3n) is 5.69. The van der Waals surface area contributed by atoms with Gasteiger partial charge >= 0.3 is 0 Å². The van der Waals surface area contributed by atoms with Crippen LogP contribution in [0.25, 0.3) is 0 Å². The number of likely N-dealkylation sites (tertiary alicyclic amines) is 1. The minimum absolute atomic E-state index is 0.0446. The van der Waals surface area contributed by atoms with Crippen LogP contribution < -0.4 is 10.6 Å². The fraction of sp³-hybridized carbons (Fsp3) is 0.636. The predicted molar refractivity (Wildman–Crippen MR) is 123 cm³/mol. The maximum atomic E-state index is 12.1. The number of aliphatic imine (C=N–C) groups is 1. The lowest BCUT2D eigenvalue weighted by Crippen LogP contribution is -2.45. The van der Waals surface area contributed by atoms with Gasteiger partial charge in [0.15, 0.2) is 5.96 Å². The number of hydrogen-bond donors (Lipinski definition) is 2. The Morgan fingerprint density at radius 3 is 2.78 bits per heavy atom. The summed E-state index contributed by atoms with van der Waals surface area (Å²) in [5, 5.41) is 14.9. The number of aryl methyl sites for hydroxylation is 1. The highest BCUT2D eigenvalue weighted by atomic mass is 16.3. The molecule has 0 aromatic carbocycles. The number of hydrogen-bond acceptors (Lipinski definition) is 6. The molecule has 176 valence electrons. The molecule has 1 amide bonds. The number of aromatic nitrogens is 3. The molecule has 0 saturated carbocycles. The molecule has 1 aliphatic heterocycles. The first-order valence-electron chi connectivity index (χ1n) is 11.4. The molecule has 3 rings (SSSR count). The molecular weight excluding hydrogens is 408 g/mol. The van der Waals surface area contributed by atoms with Gasteiger partial charge in [0.25, 0.3) is 0 Å². The van der Waals surface area contributed by atoms with Crippen molar-refractivity contribution in [2.45, 2.75) is 45.2 Å². The van der Waals surface area contributed by atoms with Crippen LogP contribution in [0, 0.1) is 0 Å². The average molecular weight is 445 g/mol. The fourth-order valence-electron chi connectivity index (χ4n) is 3.81. The van der Waals surface area contributed by atoms with E-state index in [-0.39, 0.29) is 18.5 Å². The highest BCUT2D eigenvalue weighted by Crippen LogP contribution is 2.24. The molecule has 2 aromatic heterocycles. The van der Waals surface area contributed by atoms with Crippen molar-refractivity contribution in [3.8, 4) is 0 Å². The maximum Gasteiger partial charge on any atom is 0.243 e. The van der Waals surface area contributed by atoms with Crippen molar-refractivity contribution in [2.75, 3.05) is 46.8 Å². The molecule has 0 spiro atoms. The van der Waals surface area contributed by atoms with Crippen molar-refractivity contribution in [1.29, 1.82) is 0 Å². The molecule has 32 heavy (non-hydrogen) atoms. The lowest BCUT2D eigenvalue weighted by atomic mass is 10.1. The van der Waals surface area contributed by atoms with Crippen molar-refractivity contribution < 1.29 is 9.21 Å². The SMILES string of the molecule is CCc1nncn1CCNC(=NCC(=O)N(C)C)NCC(c1ccco1)N1CCCCC1. The van der Waals surface area contributed by atoms with E-state index in [0.29, 0.717) is 25.6 Å². The van der Waals surface area contributed by atoms with Crippen LogP contribution in [0.4, 0.5) is 0 Å². The van der Waals surface area contributed by atoms with E-state index in [9.17, 15) is 4.79 Å². The number of amides is 1. The average Bonchev–Trinajstić information content (AvgIpc) is 3.49. The van der Waals surface area contributed by atoms with Crippen LogP contribution >= 0.6 is 0 Å². The van der Waals surface area contributed by atoms with Crippen molar-refractivity contribution in [1.82, 2.24) is 35.2 Å². The van der Waals surface area contributed by atoms with Crippen LogP contribution in [0.3, 0.4) is 0 Å². The van der Waals surface area contributed by atoms with Gasteiger partial charge in [-0.25, -0.2) is 4.99 Å². The minimum atomic E-state index is -0.0446. The molecular formula is C22H36N8O2. The van der Waals surface area contributed by atoms with Gasteiger partial charge in [0.2, 0.25) is 5.91 Å². The number of piperidine rings is 1. The second-order valence-corrected chi connectivity index (χ2v) is 8.18. The molecule has 1 unspecified atom stereocenters. The Kier molecular flexibility index (Phi) is 9.09. The van der Waals surface area contributed by atoms with E-state index >= 15 is 0 Å². The third kappa shape index (κ3) is 6.81. The quantitative estimate of drug-likeness (QED) is 0.420. The van der Waals surface area contributed by atoms with Gasteiger partial charge in [-0.2, -0.15) is 0 Å². The number of rotatable bonds is 10. The summed E-state index contributed by atoms with van der Waals surface area (Å²) < 4.78 is 7.77. The molecule has 1 fully saturated rings. The summed E-state index contributed by atoms with van der Waals surface area (Å²) in [7, 11) is 3.47. The van der Waals surface area contributed by atoms with Gasteiger partial charge in [-0.15, -0.1) is 10.2 Å². The number of carbonyl (C=O) groups is 1. The van der Waals surface area contributed by atoms with E-state index in [1.54, 1.807) is 31.6 Å². The second-order valence-electron chi connectivity index (χ2n) is 8.18. The maximum absolute atomic E-state index is 12.1. The lowest BCUT2D eigenvalue weighted by Gasteiger charge is -2.33. The number of carbonyl (C=O) groups excluding carboxylic acids is 1. The van der Waals surface area contributed by atoms with Crippen molar-refractivity contribution >= 4 is 11.9 Å². The number of furan rings is 1. The zero-order chi connectivity index (χ0) is 22.8. The summed E-state index contributed by atoms with van der Waals surface area (Å²) in [6.45, 7) is 6.25. The smallest absolute Gasteiger partial charge is 0.243 e. The van der Waals surface area contributed by atoms with Crippen molar-refractivity contribution in [3.05, 3.63) is 36.3 Å². The number of likely N-dealkylation sites (N-methyl/N-ethyl adjacent to an activating group) is 1. The van der Waals surface area contributed by atoms with E-state index in [0.717, 1.165) is 31.1 Å². The Bertz CT molecular complexity index is 840. The van der Waals surface area contributed by atoms with Gasteiger partial charge in [-0.05, 0) is 38.1 Å². The summed E-state index contributed by atoms with van der Waals surface area (Å²) in [6, 6.07) is 4.07. The van der Waals surface area contributed by atoms with E-state index in [2.05, 4.69) is 37.6 Å². The highest BCUT2D eigenvalue weighted by Gasteiger charge is 2.24. The van der Waals surface area contributed by atoms with Crippen LogP contribution in [0.1, 0.15) is 43.8 Å². The van der Waals surface area contributed by atoms with Gasteiger partial charge in [0, 0.05) is 40.2 Å². The Hall–Kier alpha value is -2.88. The summed E-state index contributed by atoms with van der Waals surface area (Å²) in [6.07, 6.45) is 7.97. The van der Waals surface area contributed by atoms with Gasteiger partial charge < -0.3 is 24.5 Å². The van der Waals surface area contributed by atoms with Crippen LogP contribution in [0.15, 0.2) is 34.1 Å². The molecule has 0 aliphatic carbocycles. The molecule has 1 saturated heterocycles. The number of guanidine groups is 1. The zero-order valence-electron chi connectivity index (χ0n) is 19.5. The first-order valence-corrected chi connectivity index (χ1v) is 11.4. The van der Waals surface area contributed by atoms with Crippen LogP contribution in [0.2, 0.25) is 0 Å². The number of nitrogens with one attached hydrogen (secondary N) is 2. The molecule has 0 radical (unpaired) electrons. The molecule has 10 heteroatoms. The monoisotopic (exact) mass is 444 g/mol. The topological polar surface area (TPSA) is 104 Å².